The van der Waals surface area contributed by atoms with Crippen molar-refractivity contribution in [3.05, 3.63) is 0 Å². The predicted molar refractivity (Wildman–Crippen MR) is 64.1 cm³/mol. The molecule has 1 fully saturated rings. The molecule has 0 aromatic carbocycles. The number of nitrogens with one attached hydrogen (secondary N) is 1. The third-order valence-electron chi connectivity index (χ3n) is 3.42. The molecule has 1 N–H and O–H groups in total. The number of thioether (sulfide) groups is 1. The highest BCUT2D eigenvalue weighted by atomic mass is 32.2. The zero-order chi connectivity index (χ0) is 12.9. The van der Waals surface area contributed by atoms with Gasteiger partial charge in [0.05, 0.1) is 6.10 Å². The van der Waals surface area contributed by atoms with Crippen LogP contribution in [-0.2, 0) is 4.74 Å². The van der Waals surface area contributed by atoms with Gasteiger partial charge in [-0.25, -0.2) is 0 Å². The SMILES string of the molecule is CCNCC1(CCSC(F)(F)F)CCOC1C. The van der Waals surface area contributed by atoms with Gasteiger partial charge in [-0.1, -0.05) is 18.7 Å². The van der Waals surface area contributed by atoms with Gasteiger partial charge in [-0.2, -0.15) is 13.2 Å². The van der Waals surface area contributed by atoms with Crippen LogP contribution in [0.1, 0.15) is 26.7 Å². The van der Waals surface area contributed by atoms with Gasteiger partial charge in [-0.3, -0.25) is 0 Å². The van der Waals surface area contributed by atoms with Crippen LogP contribution in [0, 0.1) is 5.41 Å². The van der Waals surface area contributed by atoms with Crippen LogP contribution in [0.5, 0.6) is 0 Å². The van der Waals surface area contributed by atoms with Gasteiger partial charge in [0.1, 0.15) is 0 Å². The van der Waals surface area contributed by atoms with Crippen molar-refractivity contribution in [2.24, 2.45) is 5.41 Å². The molecule has 2 nitrogen and oxygen atoms in total. The Morgan fingerprint density at radius 3 is 2.65 bits per heavy atom. The molecule has 17 heavy (non-hydrogen) atoms. The summed E-state index contributed by atoms with van der Waals surface area (Å²) >= 11 is 0.0711. The molecule has 1 heterocycles. The molecule has 1 saturated heterocycles. The Morgan fingerprint density at radius 1 is 1.47 bits per heavy atom. The molecule has 2 unspecified atom stereocenters. The van der Waals surface area contributed by atoms with E-state index in [1.165, 1.54) is 0 Å². The van der Waals surface area contributed by atoms with Crippen LogP contribution in [0.4, 0.5) is 13.2 Å². The zero-order valence-electron chi connectivity index (χ0n) is 10.3. The average molecular weight is 271 g/mol. The summed E-state index contributed by atoms with van der Waals surface area (Å²) in [5, 5.41) is 3.24. The maximum Gasteiger partial charge on any atom is 0.441 e. The van der Waals surface area contributed by atoms with Gasteiger partial charge in [-0.05, 0) is 26.3 Å². The smallest absolute Gasteiger partial charge is 0.378 e. The lowest BCUT2D eigenvalue weighted by Gasteiger charge is -2.32. The van der Waals surface area contributed by atoms with Crippen molar-refractivity contribution in [1.29, 1.82) is 0 Å². The van der Waals surface area contributed by atoms with Gasteiger partial charge in [-0.15, -0.1) is 0 Å². The van der Waals surface area contributed by atoms with Crippen molar-refractivity contribution in [3.8, 4) is 0 Å². The first-order valence-electron chi connectivity index (χ1n) is 5.93. The van der Waals surface area contributed by atoms with Gasteiger partial charge < -0.3 is 10.1 Å². The highest BCUT2D eigenvalue weighted by Crippen LogP contribution is 2.41. The molecule has 0 aromatic rings. The van der Waals surface area contributed by atoms with Crippen LogP contribution >= 0.6 is 11.8 Å². The first kappa shape index (κ1) is 15.1. The van der Waals surface area contributed by atoms with Gasteiger partial charge in [0.2, 0.25) is 0 Å². The quantitative estimate of drug-likeness (QED) is 0.802. The van der Waals surface area contributed by atoms with Crippen LogP contribution < -0.4 is 5.32 Å². The van der Waals surface area contributed by atoms with E-state index in [2.05, 4.69) is 5.32 Å². The monoisotopic (exact) mass is 271 g/mol. The Balaban J connectivity index is 2.47. The summed E-state index contributed by atoms with van der Waals surface area (Å²) in [5.74, 6) is 0.114. The van der Waals surface area contributed by atoms with Crippen molar-refractivity contribution in [1.82, 2.24) is 5.32 Å². The van der Waals surface area contributed by atoms with Gasteiger partial charge in [0, 0.05) is 24.3 Å². The van der Waals surface area contributed by atoms with Gasteiger partial charge in [0.15, 0.2) is 0 Å². The molecule has 0 aromatic heterocycles. The summed E-state index contributed by atoms with van der Waals surface area (Å²) in [5.41, 5.74) is -4.25. The summed E-state index contributed by atoms with van der Waals surface area (Å²) in [6, 6.07) is 0. The number of ether oxygens (including phenoxy) is 1. The van der Waals surface area contributed by atoms with E-state index in [0.717, 1.165) is 19.5 Å². The molecule has 1 aliphatic rings. The van der Waals surface area contributed by atoms with Crippen molar-refractivity contribution >= 4 is 11.8 Å². The van der Waals surface area contributed by atoms with E-state index in [0.29, 0.717) is 13.0 Å². The minimum atomic E-state index is -4.12. The molecule has 1 rings (SSSR count). The molecule has 0 radical (unpaired) electrons. The molecule has 0 spiro atoms. The molecular formula is C11H20F3NOS. The van der Waals surface area contributed by atoms with Crippen LogP contribution in [0.25, 0.3) is 0 Å². The second-order valence-corrected chi connectivity index (χ2v) is 5.61. The third-order valence-corrected chi connectivity index (χ3v) is 4.16. The lowest BCUT2D eigenvalue weighted by molar-refractivity contribution is -0.0330. The highest BCUT2D eigenvalue weighted by Gasteiger charge is 2.41. The fourth-order valence-corrected chi connectivity index (χ4v) is 2.95. The summed E-state index contributed by atoms with van der Waals surface area (Å²) in [6.45, 7) is 6.19. The summed E-state index contributed by atoms with van der Waals surface area (Å²) in [4.78, 5) is 0. The molecule has 1 aliphatic heterocycles. The second kappa shape index (κ2) is 6.29. The second-order valence-electron chi connectivity index (χ2n) is 4.45. The van der Waals surface area contributed by atoms with E-state index in [1.807, 2.05) is 13.8 Å². The fraction of sp³-hybridized carbons (Fsp3) is 1.00. The summed E-state index contributed by atoms with van der Waals surface area (Å²) < 4.78 is 41.9. The van der Waals surface area contributed by atoms with E-state index in [9.17, 15) is 13.2 Å². The largest absolute Gasteiger partial charge is 0.441 e. The van der Waals surface area contributed by atoms with Crippen molar-refractivity contribution in [2.75, 3.05) is 25.4 Å². The first-order chi connectivity index (χ1) is 7.90. The van der Waals surface area contributed by atoms with E-state index in [4.69, 9.17) is 4.74 Å². The maximum atomic E-state index is 12.1. The molecule has 2 atom stereocenters. The van der Waals surface area contributed by atoms with E-state index in [1.54, 1.807) is 0 Å². The number of hydrogen-bond acceptors (Lipinski definition) is 3. The predicted octanol–water partition coefficient (Wildman–Crippen LogP) is 3.03. The Kier molecular flexibility index (Phi) is 5.60. The number of halogens is 3. The molecular weight excluding hydrogens is 251 g/mol. The Bertz CT molecular complexity index is 237. The minimum absolute atomic E-state index is 0.0374. The van der Waals surface area contributed by atoms with E-state index in [-0.39, 0.29) is 29.0 Å². The average Bonchev–Trinajstić information content (AvgIpc) is 2.56. The normalized spacial score (nSPS) is 29.8. The molecule has 6 heteroatoms. The van der Waals surface area contributed by atoms with Gasteiger partial charge in [0.25, 0.3) is 0 Å². The lowest BCUT2D eigenvalue weighted by atomic mass is 9.79. The van der Waals surface area contributed by atoms with Crippen LogP contribution in [0.2, 0.25) is 0 Å². The van der Waals surface area contributed by atoms with Crippen LogP contribution in [-0.4, -0.2) is 37.1 Å². The molecule has 0 saturated carbocycles. The van der Waals surface area contributed by atoms with E-state index < -0.39 is 5.51 Å². The minimum Gasteiger partial charge on any atom is -0.378 e. The van der Waals surface area contributed by atoms with Crippen LogP contribution in [0.15, 0.2) is 0 Å². The number of rotatable bonds is 6. The maximum absolute atomic E-state index is 12.1. The Labute approximate surface area is 105 Å². The van der Waals surface area contributed by atoms with Crippen molar-refractivity contribution in [3.63, 3.8) is 0 Å². The number of hydrogen-bond donors (Lipinski definition) is 1. The van der Waals surface area contributed by atoms with Crippen molar-refractivity contribution in [2.45, 2.75) is 38.3 Å². The Morgan fingerprint density at radius 2 is 2.18 bits per heavy atom. The molecule has 102 valence electrons. The van der Waals surface area contributed by atoms with E-state index >= 15 is 0 Å². The molecule has 0 amide bonds. The topological polar surface area (TPSA) is 21.3 Å². The molecule has 0 bridgehead atoms. The molecule has 0 aliphatic carbocycles. The number of alkyl halides is 3. The lowest BCUT2D eigenvalue weighted by Crippen LogP contribution is -2.40. The highest BCUT2D eigenvalue weighted by molar-refractivity contribution is 8.00. The fourth-order valence-electron chi connectivity index (χ4n) is 2.21. The van der Waals surface area contributed by atoms with Crippen LogP contribution in [0.3, 0.4) is 0 Å². The first-order valence-corrected chi connectivity index (χ1v) is 6.91. The third kappa shape index (κ3) is 4.67. The standard InChI is InChI=1S/C11H20F3NOS/c1-3-15-8-10(4-6-16-9(10)2)5-7-17-11(12,13)14/h9,15H,3-8H2,1-2H3. The van der Waals surface area contributed by atoms with Gasteiger partial charge >= 0.3 is 5.51 Å². The summed E-state index contributed by atoms with van der Waals surface area (Å²) in [6.07, 6.45) is 1.43. The zero-order valence-corrected chi connectivity index (χ0v) is 11.1. The summed E-state index contributed by atoms with van der Waals surface area (Å²) in [7, 11) is 0. The Hall–Kier alpha value is 0.0600. The van der Waals surface area contributed by atoms with Crippen molar-refractivity contribution < 1.29 is 17.9 Å².